The smallest absolute Gasteiger partial charge is 0.382 e. The van der Waals surface area contributed by atoms with Crippen LogP contribution in [0.4, 0.5) is 24.5 Å². The van der Waals surface area contributed by atoms with E-state index in [1.807, 2.05) is 25.1 Å². The van der Waals surface area contributed by atoms with E-state index in [1.165, 1.54) is 4.90 Å². The molecule has 2 aromatic rings. The highest BCUT2D eigenvalue weighted by Crippen LogP contribution is 2.45. The molecule has 8 heteroatoms. The van der Waals surface area contributed by atoms with Gasteiger partial charge in [0.1, 0.15) is 6.54 Å². The Balaban J connectivity index is 1.65. The lowest BCUT2D eigenvalue weighted by Gasteiger charge is -2.29. The molecule has 1 N–H and O–H groups in total. The molecule has 1 fully saturated rings. The van der Waals surface area contributed by atoms with E-state index in [4.69, 9.17) is 0 Å². The lowest BCUT2D eigenvalue weighted by molar-refractivity contribution is -0.120. The van der Waals surface area contributed by atoms with Crippen molar-refractivity contribution in [2.24, 2.45) is 0 Å². The Labute approximate surface area is 171 Å². The summed E-state index contributed by atoms with van der Waals surface area (Å²) in [7, 11) is -0.748. The molecule has 1 unspecified atom stereocenters. The van der Waals surface area contributed by atoms with Crippen LogP contribution >= 0.6 is 0 Å². The summed E-state index contributed by atoms with van der Waals surface area (Å²) in [5.41, 5.74) is 4.04. The fourth-order valence-electron chi connectivity index (χ4n) is 4.19. The van der Waals surface area contributed by atoms with E-state index in [0.29, 0.717) is 23.6 Å². The van der Waals surface area contributed by atoms with Gasteiger partial charge in [0.25, 0.3) is 0 Å². The van der Waals surface area contributed by atoms with Crippen LogP contribution < -0.4 is 10.2 Å². The predicted octanol–water partition coefficient (Wildman–Crippen LogP) is 4.38. The van der Waals surface area contributed by atoms with Gasteiger partial charge in [-0.15, -0.1) is 0 Å². The second-order valence-electron chi connectivity index (χ2n) is 7.77. The van der Waals surface area contributed by atoms with Crippen molar-refractivity contribution in [1.82, 2.24) is 4.98 Å². The molecule has 2 aliphatic rings. The number of aryl methyl sites for hydroxylation is 1. The third kappa shape index (κ3) is 4.57. The number of alkyl halides is 3. The van der Waals surface area contributed by atoms with Gasteiger partial charge in [0, 0.05) is 63.6 Å². The van der Waals surface area contributed by atoms with Crippen molar-refractivity contribution >= 4 is 22.2 Å². The Hall–Kier alpha value is -2.09. The molecule has 2 aliphatic heterocycles. The monoisotopic (exact) mass is 423 g/mol. The predicted molar refractivity (Wildman–Crippen MR) is 110 cm³/mol. The number of nitrogens with one attached hydrogen (secondary N) is 1. The SMILES string of the molecule is Cc1ccc(C2Cc3c(NC4CCS(=O)CC4)cccc3N2CC(F)(F)F)cn1. The number of halogens is 3. The maximum Gasteiger partial charge on any atom is 0.405 e. The molecule has 3 heterocycles. The van der Waals surface area contributed by atoms with Gasteiger partial charge in [0.2, 0.25) is 0 Å². The van der Waals surface area contributed by atoms with Gasteiger partial charge >= 0.3 is 6.18 Å². The van der Waals surface area contributed by atoms with Crippen molar-refractivity contribution in [1.29, 1.82) is 0 Å². The first kappa shape index (κ1) is 20.2. The molecule has 29 heavy (non-hydrogen) atoms. The first-order valence-corrected chi connectivity index (χ1v) is 11.3. The normalized spacial score (nSPS) is 24.4. The Morgan fingerprint density at radius 3 is 2.62 bits per heavy atom. The number of hydrogen-bond donors (Lipinski definition) is 1. The van der Waals surface area contributed by atoms with E-state index in [2.05, 4.69) is 10.3 Å². The maximum absolute atomic E-state index is 13.4. The molecule has 1 atom stereocenters. The zero-order valence-corrected chi connectivity index (χ0v) is 17.0. The number of nitrogens with zero attached hydrogens (tertiary/aromatic N) is 2. The van der Waals surface area contributed by atoms with Crippen LogP contribution in [0.5, 0.6) is 0 Å². The molecule has 0 aliphatic carbocycles. The van der Waals surface area contributed by atoms with Crippen LogP contribution in [0.15, 0.2) is 36.5 Å². The fourth-order valence-corrected chi connectivity index (χ4v) is 5.48. The second-order valence-corrected chi connectivity index (χ2v) is 9.46. The summed E-state index contributed by atoms with van der Waals surface area (Å²) in [6, 6.07) is 9.02. The second kappa shape index (κ2) is 7.97. The molecular formula is C21H24F3N3OS. The highest BCUT2D eigenvalue weighted by Gasteiger charge is 2.40. The zero-order valence-electron chi connectivity index (χ0n) is 16.2. The van der Waals surface area contributed by atoms with Gasteiger partial charge in [0.05, 0.1) is 6.04 Å². The van der Waals surface area contributed by atoms with E-state index >= 15 is 0 Å². The van der Waals surface area contributed by atoms with Gasteiger partial charge in [0.15, 0.2) is 0 Å². The van der Waals surface area contributed by atoms with Gasteiger partial charge in [-0.05, 0) is 43.5 Å². The summed E-state index contributed by atoms with van der Waals surface area (Å²) >= 11 is 0. The highest BCUT2D eigenvalue weighted by atomic mass is 32.2. The summed E-state index contributed by atoms with van der Waals surface area (Å²) in [5, 5.41) is 3.51. The van der Waals surface area contributed by atoms with Crippen LogP contribution in [0.2, 0.25) is 0 Å². The number of rotatable bonds is 4. The average Bonchev–Trinajstić information content (AvgIpc) is 3.02. The molecule has 1 aromatic heterocycles. The lowest BCUT2D eigenvalue weighted by Crippen LogP contribution is -2.35. The van der Waals surface area contributed by atoms with Crippen molar-refractivity contribution in [3.63, 3.8) is 0 Å². The van der Waals surface area contributed by atoms with Crippen LogP contribution in [0.1, 0.15) is 35.7 Å². The van der Waals surface area contributed by atoms with Crippen LogP contribution in [-0.4, -0.2) is 39.5 Å². The van der Waals surface area contributed by atoms with Crippen molar-refractivity contribution in [3.05, 3.63) is 53.3 Å². The molecule has 4 rings (SSSR count). The Morgan fingerprint density at radius 1 is 1.21 bits per heavy atom. The summed E-state index contributed by atoms with van der Waals surface area (Å²) < 4.78 is 51.7. The van der Waals surface area contributed by atoms with Crippen LogP contribution in [0, 0.1) is 6.92 Å². The Bertz CT molecular complexity index is 891. The van der Waals surface area contributed by atoms with E-state index in [1.54, 1.807) is 18.3 Å². The minimum atomic E-state index is -4.30. The van der Waals surface area contributed by atoms with E-state index in [0.717, 1.165) is 35.3 Å². The third-order valence-electron chi connectivity index (χ3n) is 5.65. The van der Waals surface area contributed by atoms with Crippen LogP contribution in [0.25, 0.3) is 0 Å². The number of hydrogen-bond acceptors (Lipinski definition) is 4. The van der Waals surface area contributed by atoms with Crippen LogP contribution in [0.3, 0.4) is 0 Å². The molecule has 0 bridgehead atoms. The first-order chi connectivity index (χ1) is 13.8. The molecular weight excluding hydrogens is 399 g/mol. The number of fused-ring (bicyclic) bond motifs is 1. The molecule has 1 aromatic carbocycles. The van der Waals surface area contributed by atoms with Crippen molar-refractivity contribution in [2.45, 2.75) is 44.4 Å². The molecule has 0 saturated carbocycles. The third-order valence-corrected chi connectivity index (χ3v) is 7.03. The van der Waals surface area contributed by atoms with E-state index in [-0.39, 0.29) is 6.04 Å². The van der Waals surface area contributed by atoms with Gasteiger partial charge in [-0.2, -0.15) is 13.2 Å². The minimum Gasteiger partial charge on any atom is -0.382 e. The van der Waals surface area contributed by atoms with E-state index in [9.17, 15) is 17.4 Å². The van der Waals surface area contributed by atoms with Crippen molar-refractivity contribution in [3.8, 4) is 0 Å². The molecule has 0 spiro atoms. The first-order valence-electron chi connectivity index (χ1n) is 9.79. The summed E-state index contributed by atoms with van der Waals surface area (Å²) in [6.45, 7) is 0.865. The van der Waals surface area contributed by atoms with Gasteiger partial charge in [-0.25, -0.2) is 0 Å². The van der Waals surface area contributed by atoms with Gasteiger partial charge in [-0.1, -0.05) is 12.1 Å². The lowest BCUT2D eigenvalue weighted by atomic mass is 10.0. The minimum absolute atomic E-state index is 0.204. The fraction of sp³-hybridized carbons (Fsp3) is 0.476. The standard InChI is InChI=1S/C21H24F3N3OS/c1-14-5-6-15(12-25-14)20-11-17-18(26-16-7-9-29(28)10-8-16)3-2-4-19(17)27(20)13-21(22,23)24/h2-6,12,16,20,26H,7-11,13H2,1H3. The van der Waals surface area contributed by atoms with Crippen molar-refractivity contribution < 1.29 is 17.4 Å². The van der Waals surface area contributed by atoms with Crippen LogP contribution in [-0.2, 0) is 17.2 Å². The zero-order chi connectivity index (χ0) is 20.6. The molecule has 0 amide bonds. The summed E-state index contributed by atoms with van der Waals surface area (Å²) in [6.07, 6.45) is -0.493. The molecule has 1 saturated heterocycles. The summed E-state index contributed by atoms with van der Waals surface area (Å²) in [5.74, 6) is 1.34. The number of benzene rings is 1. The quantitative estimate of drug-likeness (QED) is 0.793. The number of pyridine rings is 1. The van der Waals surface area contributed by atoms with Crippen molar-refractivity contribution in [2.75, 3.05) is 28.3 Å². The Morgan fingerprint density at radius 2 is 1.97 bits per heavy atom. The molecule has 4 nitrogen and oxygen atoms in total. The average molecular weight is 424 g/mol. The topological polar surface area (TPSA) is 45.2 Å². The molecule has 156 valence electrons. The van der Waals surface area contributed by atoms with Gasteiger partial charge < -0.3 is 10.2 Å². The Kier molecular flexibility index (Phi) is 5.55. The maximum atomic E-state index is 13.4. The molecule has 0 radical (unpaired) electrons. The van der Waals surface area contributed by atoms with E-state index < -0.39 is 29.6 Å². The summed E-state index contributed by atoms with van der Waals surface area (Å²) in [4.78, 5) is 5.74. The number of anilines is 2. The highest BCUT2D eigenvalue weighted by molar-refractivity contribution is 7.85. The largest absolute Gasteiger partial charge is 0.405 e. The number of aromatic nitrogens is 1. The van der Waals surface area contributed by atoms with Gasteiger partial charge in [-0.3, -0.25) is 9.19 Å².